The molecule has 3 aromatic rings. The number of benzene rings is 2. The van der Waals surface area contributed by atoms with E-state index in [-0.39, 0.29) is 39.0 Å². The minimum Gasteiger partial charge on any atom is -0.360 e. The average Bonchev–Trinajstić information content (AvgIpc) is 3.03. The predicted octanol–water partition coefficient (Wildman–Crippen LogP) is 2.56. The number of sulfonamides is 1. The highest BCUT2D eigenvalue weighted by Gasteiger charge is 2.30. The largest absolute Gasteiger partial charge is 0.360 e. The van der Waals surface area contributed by atoms with E-state index >= 15 is 0 Å². The number of nitrogens with one attached hydrogen (secondary N) is 1. The second-order valence-electron chi connectivity index (χ2n) is 5.84. The smallest absolute Gasteiger partial charge is 0.263 e. The lowest BCUT2D eigenvalue weighted by atomic mass is 9.84. The zero-order valence-corrected chi connectivity index (χ0v) is 14.3. The summed E-state index contributed by atoms with van der Waals surface area (Å²) in [6.45, 7) is 1.63. The maximum absolute atomic E-state index is 12.7. The van der Waals surface area contributed by atoms with E-state index in [1.807, 2.05) is 0 Å². The van der Waals surface area contributed by atoms with Crippen molar-refractivity contribution in [3.63, 3.8) is 0 Å². The van der Waals surface area contributed by atoms with Crippen LogP contribution in [0.15, 0.2) is 57.9 Å². The highest BCUT2D eigenvalue weighted by atomic mass is 32.2. The van der Waals surface area contributed by atoms with Crippen molar-refractivity contribution in [2.45, 2.75) is 11.8 Å². The van der Waals surface area contributed by atoms with E-state index in [1.165, 1.54) is 24.3 Å². The van der Waals surface area contributed by atoms with E-state index < -0.39 is 10.0 Å². The molecule has 1 heterocycles. The number of aryl methyl sites for hydroxylation is 1. The molecule has 0 spiro atoms. The van der Waals surface area contributed by atoms with Gasteiger partial charge in [-0.2, -0.15) is 0 Å². The van der Waals surface area contributed by atoms with Crippen molar-refractivity contribution in [2.75, 3.05) is 4.72 Å². The van der Waals surface area contributed by atoms with Crippen LogP contribution in [0.1, 0.15) is 37.6 Å². The van der Waals surface area contributed by atoms with E-state index in [2.05, 4.69) is 9.88 Å². The summed E-state index contributed by atoms with van der Waals surface area (Å²) in [5, 5.41) is 3.58. The molecule has 1 N–H and O–H groups in total. The summed E-state index contributed by atoms with van der Waals surface area (Å²) in [5.41, 5.74) is 0.828. The summed E-state index contributed by atoms with van der Waals surface area (Å²) < 4.78 is 32.2. The van der Waals surface area contributed by atoms with Crippen LogP contribution in [0, 0.1) is 6.92 Å². The number of nitrogens with zero attached hydrogens (tertiary/aromatic N) is 1. The Morgan fingerprint density at radius 2 is 1.50 bits per heavy atom. The molecular formula is C18H12N2O5S. The first kappa shape index (κ1) is 16.2. The number of fused-ring (bicyclic) bond motifs is 2. The molecule has 1 aliphatic carbocycles. The summed E-state index contributed by atoms with van der Waals surface area (Å²) >= 11 is 0. The van der Waals surface area contributed by atoms with E-state index in [0.29, 0.717) is 11.3 Å². The van der Waals surface area contributed by atoms with Gasteiger partial charge in [0, 0.05) is 28.3 Å². The summed E-state index contributed by atoms with van der Waals surface area (Å²) in [5.74, 6) is -0.206. The van der Waals surface area contributed by atoms with Gasteiger partial charge in [0.25, 0.3) is 10.0 Å². The summed E-state index contributed by atoms with van der Waals surface area (Å²) in [6.07, 6.45) is 0. The van der Waals surface area contributed by atoms with E-state index in [4.69, 9.17) is 4.52 Å². The van der Waals surface area contributed by atoms with Gasteiger partial charge in [0.2, 0.25) is 0 Å². The maximum Gasteiger partial charge on any atom is 0.263 e. The van der Waals surface area contributed by atoms with Crippen LogP contribution in [0.5, 0.6) is 0 Å². The standard InChI is InChI=1S/C18H12N2O5S/c1-10-8-16(19-25-10)20-26(23,24)11-6-7-14-15(9-11)18(22)13-5-3-2-4-12(13)17(14)21/h2-9H,1H3,(H,19,20). The molecule has 7 nitrogen and oxygen atoms in total. The van der Waals surface area contributed by atoms with Gasteiger partial charge < -0.3 is 4.52 Å². The average molecular weight is 368 g/mol. The molecule has 0 amide bonds. The van der Waals surface area contributed by atoms with Crippen molar-refractivity contribution >= 4 is 27.4 Å². The lowest BCUT2D eigenvalue weighted by molar-refractivity contribution is 0.0979. The zero-order chi connectivity index (χ0) is 18.5. The van der Waals surface area contributed by atoms with Crippen molar-refractivity contribution in [1.82, 2.24) is 5.16 Å². The van der Waals surface area contributed by atoms with Gasteiger partial charge in [0.05, 0.1) is 4.90 Å². The number of rotatable bonds is 3. The van der Waals surface area contributed by atoms with Gasteiger partial charge in [-0.25, -0.2) is 8.42 Å². The molecule has 0 radical (unpaired) electrons. The van der Waals surface area contributed by atoms with Gasteiger partial charge in [0.1, 0.15) is 5.76 Å². The number of hydrogen-bond acceptors (Lipinski definition) is 6. The van der Waals surface area contributed by atoms with Crippen LogP contribution in [0.2, 0.25) is 0 Å². The monoisotopic (exact) mass is 368 g/mol. The molecule has 2 aromatic carbocycles. The summed E-state index contributed by atoms with van der Waals surface area (Å²) in [6, 6.07) is 11.7. The van der Waals surface area contributed by atoms with Crippen LogP contribution < -0.4 is 4.72 Å². The SMILES string of the molecule is Cc1cc(NS(=O)(=O)c2ccc3c(c2)C(=O)c2ccccc2C3=O)no1. The third-order valence-electron chi connectivity index (χ3n) is 4.07. The lowest BCUT2D eigenvalue weighted by Gasteiger charge is -2.18. The van der Waals surface area contributed by atoms with Crippen molar-refractivity contribution in [2.24, 2.45) is 0 Å². The Morgan fingerprint density at radius 1 is 0.885 bits per heavy atom. The van der Waals surface area contributed by atoms with Gasteiger partial charge in [-0.1, -0.05) is 29.4 Å². The topological polar surface area (TPSA) is 106 Å². The number of hydrogen-bond donors (Lipinski definition) is 1. The van der Waals surface area contributed by atoms with Crippen molar-refractivity contribution < 1.29 is 22.5 Å². The van der Waals surface area contributed by atoms with Crippen molar-refractivity contribution in [3.05, 3.63) is 76.5 Å². The molecule has 130 valence electrons. The van der Waals surface area contributed by atoms with Crippen LogP contribution in [0.3, 0.4) is 0 Å². The Balaban J connectivity index is 1.78. The van der Waals surface area contributed by atoms with E-state index in [9.17, 15) is 18.0 Å². The Morgan fingerprint density at radius 3 is 2.12 bits per heavy atom. The molecule has 0 fully saturated rings. The van der Waals surface area contributed by atoms with Gasteiger partial charge >= 0.3 is 0 Å². The fourth-order valence-electron chi connectivity index (χ4n) is 2.86. The van der Waals surface area contributed by atoms with E-state index in [1.54, 1.807) is 31.2 Å². The second kappa shape index (κ2) is 5.63. The van der Waals surface area contributed by atoms with Crippen LogP contribution in [0.4, 0.5) is 5.82 Å². The summed E-state index contributed by atoms with van der Waals surface area (Å²) in [7, 11) is -3.99. The first-order valence-corrected chi connectivity index (χ1v) is 9.14. The Kier molecular flexibility index (Phi) is 3.52. The molecule has 0 saturated carbocycles. The number of ketones is 2. The first-order chi connectivity index (χ1) is 12.4. The minimum absolute atomic E-state index is 0.0352. The lowest BCUT2D eigenvalue weighted by Crippen LogP contribution is -2.22. The molecular weight excluding hydrogens is 356 g/mol. The molecule has 0 atom stereocenters. The molecule has 1 aromatic heterocycles. The Labute approximate surface area is 148 Å². The van der Waals surface area contributed by atoms with E-state index in [0.717, 1.165) is 0 Å². The second-order valence-corrected chi connectivity index (χ2v) is 7.52. The molecule has 8 heteroatoms. The molecule has 0 aliphatic heterocycles. The van der Waals surface area contributed by atoms with Gasteiger partial charge in [-0.15, -0.1) is 0 Å². The zero-order valence-electron chi connectivity index (χ0n) is 13.5. The van der Waals surface area contributed by atoms with Crippen LogP contribution in [0.25, 0.3) is 0 Å². The van der Waals surface area contributed by atoms with Gasteiger partial charge in [-0.3, -0.25) is 14.3 Å². The quantitative estimate of drug-likeness (QED) is 0.596. The maximum atomic E-state index is 12.7. The van der Waals surface area contributed by atoms with Crippen LogP contribution in [-0.4, -0.2) is 25.1 Å². The fraction of sp³-hybridized carbons (Fsp3) is 0.0556. The molecule has 0 bridgehead atoms. The number of anilines is 1. The predicted molar refractivity (Wildman–Crippen MR) is 91.8 cm³/mol. The molecule has 4 rings (SSSR count). The fourth-order valence-corrected chi connectivity index (χ4v) is 3.87. The third-order valence-corrected chi connectivity index (χ3v) is 5.43. The van der Waals surface area contributed by atoms with Crippen LogP contribution >= 0.6 is 0 Å². The number of carbonyl (C=O) groups is 2. The van der Waals surface area contributed by atoms with Gasteiger partial charge in [0.15, 0.2) is 17.4 Å². The number of aromatic nitrogens is 1. The highest BCUT2D eigenvalue weighted by molar-refractivity contribution is 7.92. The molecule has 26 heavy (non-hydrogen) atoms. The normalized spacial score (nSPS) is 13.3. The first-order valence-electron chi connectivity index (χ1n) is 7.65. The summed E-state index contributed by atoms with van der Waals surface area (Å²) in [4.78, 5) is 25.1. The molecule has 0 unspecified atom stereocenters. The molecule has 1 aliphatic rings. The van der Waals surface area contributed by atoms with Crippen molar-refractivity contribution in [3.8, 4) is 0 Å². The third kappa shape index (κ3) is 2.51. The molecule has 0 saturated heterocycles. The highest BCUT2D eigenvalue weighted by Crippen LogP contribution is 2.29. The Hall–Kier alpha value is -3.26. The van der Waals surface area contributed by atoms with Crippen LogP contribution in [-0.2, 0) is 10.0 Å². The minimum atomic E-state index is -3.99. The van der Waals surface area contributed by atoms with Crippen molar-refractivity contribution in [1.29, 1.82) is 0 Å². The van der Waals surface area contributed by atoms with Gasteiger partial charge in [-0.05, 0) is 25.1 Å². The Bertz CT molecular complexity index is 1180. The number of carbonyl (C=O) groups excluding carboxylic acids is 2.